The predicted octanol–water partition coefficient (Wildman–Crippen LogP) is 3.12. The van der Waals surface area contributed by atoms with Crippen molar-refractivity contribution in [3.05, 3.63) is 28.8 Å². The van der Waals surface area contributed by atoms with Crippen molar-refractivity contribution >= 4 is 17.8 Å². The summed E-state index contributed by atoms with van der Waals surface area (Å²) in [5.41, 5.74) is 1.16. The van der Waals surface area contributed by atoms with Crippen LogP contribution in [0, 0.1) is 12.8 Å². The molecule has 1 unspecified atom stereocenters. The van der Waals surface area contributed by atoms with Crippen LogP contribution in [0.25, 0.3) is 0 Å². The minimum absolute atomic E-state index is 0.446. The molecule has 2 nitrogen and oxygen atoms in total. The van der Waals surface area contributed by atoms with Gasteiger partial charge in [0.1, 0.15) is 5.75 Å². The van der Waals surface area contributed by atoms with Gasteiger partial charge >= 0.3 is 0 Å². The van der Waals surface area contributed by atoms with Crippen LogP contribution in [0.5, 0.6) is 5.75 Å². The topological polar surface area (TPSA) is 21.6 Å². The van der Waals surface area contributed by atoms with E-state index >= 15 is 0 Å². The zero-order valence-corrected chi connectivity index (χ0v) is 9.50. The van der Waals surface area contributed by atoms with Crippen molar-refractivity contribution in [2.24, 2.45) is 10.9 Å². The Morgan fingerprint density at radius 2 is 2.40 bits per heavy atom. The van der Waals surface area contributed by atoms with Gasteiger partial charge in [-0.3, -0.25) is 4.99 Å². The third-order valence-corrected chi connectivity index (χ3v) is 2.80. The van der Waals surface area contributed by atoms with E-state index in [2.05, 4.69) is 4.99 Å². The van der Waals surface area contributed by atoms with Crippen LogP contribution >= 0.6 is 11.6 Å². The van der Waals surface area contributed by atoms with E-state index in [9.17, 15) is 0 Å². The summed E-state index contributed by atoms with van der Waals surface area (Å²) < 4.78 is 5.68. The molecule has 0 bridgehead atoms. The molecule has 1 aromatic rings. The molecule has 0 amide bonds. The highest BCUT2D eigenvalue weighted by Crippen LogP contribution is 2.26. The van der Waals surface area contributed by atoms with E-state index < -0.39 is 0 Å². The maximum atomic E-state index is 6.02. The first-order valence-corrected chi connectivity index (χ1v) is 5.52. The number of nitrogens with zero attached hydrogens (tertiary/aromatic N) is 1. The Morgan fingerprint density at radius 3 is 3.13 bits per heavy atom. The molecule has 1 atom stereocenters. The van der Waals surface area contributed by atoms with E-state index in [0.29, 0.717) is 17.5 Å². The lowest BCUT2D eigenvalue weighted by Gasteiger charge is -2.11. The van der Waals surface area contributed by atoms with Gasteiger partial charge in [-0.2, -0.15) is 0 Å². The van der Waals surface area contributed by atoms with Crippen molar-refractivity contribution in [2.45, 2.75) is 13.3 Å². The van der Waals surface area contributed by atoms with Gasteiger partial charge in [0.15, 0.2) is 0 Å². The second-order valence-electron chi connectivity index (χ2n) is 3.85. The molecule has 1 aliphatic heterocycles. The van der Waals surface area contributed by atoms with Crippen LogP contribution in [0.2, 0.25) is 5.02 Å². The molecule has 0 spiro atoms. The molecule has 0 saturated carbocycles. The van der Waals surface area contributed by atoms with Gasteiger partial charge in [-0.1, -0.05) is 17.7 Å². The first-order chi connectivity index (χ1) is 7.25. The van der Waals surface area contributed by atoms with Gasteiger partial charge in [0.25, 0.3) is 0 Å². The van der Waals surface area contributed by atoms with Gasteiger partial charge in [-0.05, 0) is 31.0 Å². The zero-order chi connectivity index (χ0) is 10.7. The van der Waals surface area contributed by atoms with Crippen molar-refractivity contribution < 1.29 is 4.74 Å². The van der Waals surface area contributed by atoms with Crippen LogP contribution in [0.3, 0.4) is 0 Å². The van der Waals surface area contributed by atoms with Crippen molar-refractivity contribution in [1.82, 2.24) is 0 Å². The Morgan fingerprint density at radius 1 is 1.53 bits per heavy atom. The van der Waals surface area contributed by atoms with Crippen LogP contribution in [0.1, 0.15) is 12.0 Å². The van der Waals surface area contributed by atoms with Crippen molar-refractivity contribution in [3.63, 3.8) is 0 Å². The molecule has 0 aromatic heterocycles. The fourth-order valence-corrected chi connectivity index (χ4v) is 1.75. The number of ether oxygens (including phenoxy) is 1. The minimum atomic E-state index is 0.446. The summed E-state index contributed by atoms with van der Waals surface area (Å²) in [4.78, 5) is 4.18. The molecule has 80 valence electrons. The second-order valence-corrected chi connectivity index (χ2v) is 4.26. The molecule has 0 fully saturated rings. The van der Waals surface area contributed by atoms with E-state index in [1.165, 1.54) is 0 Å². The number of halogens is 1. The molecule has 1 aliphatic rings. The van der Waals surface area contributed by atoms with Crippen molar-refractivity contribution in [2.75, 3.05) is 13.2 Å². The van der Waals surface area contributed by atoms with E-state index in [1.807, 2.05) is 31.3 Å². The summed E-state index contributed by atoms with van der Waals surface area (Å²) in [7, 11) is 0. The molecule has 15 heavy (non-hydrogen) atoms. The minimum Gasteiger partial charge on any atom is -0.491 e. The smallest absolute Gasteiger partial charge is 0.138 e. The number of hydrogen-bond acceptors (Lipinski definition) is 2. The zero-order valence-electron chi connectivity index (χ0n) is 8.74. The summed E-state index contributed by atoms with van der Waals surface area (Å²) in [5, 5.41) is 0.676. The van der Waals surface area contributed by atoms with Crippen LogP contribution in [0.15, 0.2) is 23.2 Å². The average molecular weight is 224 g/mol. The highest BCUT2D eigenvalue weighted by atomic mass is 35.5. The summed E-state index contributed by atoms with van der Waals surface area (Å²) in [5.74, 6) is 1.22. The van der Waals surface area contributed by atoms with E-state index in [4.69, 9.17) is 16.3 Å². The highest BCUT2D eigenvalue weighted by Gasteiger charge is 2.12. The fourth-order valence-electron chi connectivity index (χ4n) is 1.58. The average Bonchev–Trinajstić information content (AvgIpc) is 2.72. The van der Waals surface area contributed by atoms with Gasteiger partial charge in [-0.25, -0.2) is 0 Å². The largest absolute Gasteiger partial charge is 0.491 e. The number of hydrogen-bond donors (Lipinski definition) is 0. The Balaban J connectivity index is 1.97. The fraction of sp³-hybridized carbons (Fsp3) is 0.417. The van der Waals surface area contributed by atoms with Gasteiger partial charge < -0.3 is 4.74 Å². The molecule has 1 aromatic carbocycles. The Bertz CT molecular complexity index is 376. The molecule has 0 radical (unpaired) electrons. The third kappa shape index (κ3) is 2.72. The summed E-state index contributed by atoms with van der Waals surface area (Å²) in [6, 6.07) is 5.82. The lowest BCUT2D eigenvalue weighted by molar-refractivity contribution is 0.286. The second kappa shape index (κ2) is 4.67. The van der Waals surface area contributed by atoms with Gasteiger partial charge in [-0.15, -0.1) is 0 Å². The van der Waals surface area contributed by atoms with E-state index in [-0.39, 0.29) is 0 Å². The van der Waals surface area contributed by atoms with E-state index in [0.717, 1.165) is 24.3 Å². The Kier molecular flexibility index (Phi) is 3.27. The van der Waals surface area contributed by atoms with Crippen LogP contribution in [0.4, 0.5) is 0 Å². The summed E-state index contributed by atoms with van der Waals surface area (Å²) in [6.45, 7) is 3.63. The molecule has 3 heteroatoms. The first-order valence-electron chi connectivity index (χ1n) is 5.14. The van der Waals surface area contributed by atoms with Gasteiger partial charge in [0.2, 0.25) is 0 Å². The number of aliphatic imine (C=N–C) groups is 1. The molecule has 0 saturated heterocycles. The number of benzene rings is 1. The van der Waals surface area contributed by atoms with Crippen molar-refractivity contribution in [3.8, 4) is 5.75 Å². The quantitative estimate of drug-likeness (QED) is 0.772. The van der Waals surface area contributed by atoms with Crippen LogP contribution in [-0.2, 0) is 0 Å². The predicted molar refractivity (Wildman–Crippen MR) is 63.2 cm³/mol. The van der Waals surface area contributed by atoms with Crippen molar-refractivity contribution in [1.29, 1.82) is 0 Å². The monoisotopic (exact) mass is 223 g/mol. The molecule has 1 heterocycles. The normalized spacial score (nSPS) is 19.5. The van der Waals surface area contributed by atoms with Crippen LogP contribution < -0.4 is 4.74 Å². The molecule has 0 N–H and O–H groups in total. The SMILES string of the molecule is Cc1ccc(Cl)c(OCC2C=NCC2)c1. The van der Waals surface area contributed by atoms with Gasteiger partial charge in [0, 0.05) is 18.7 Å². The molecular formula is C12H14ClNO. The number of rotatable bonds is 3. The van der Waals surface area contributed by atoms with E-state index in [1.54, 1.807) is 0 Å². The standard InChI is InChI=1S/C12H14ClNO/c1-9-2-3-11(13)12(6-9)15-8-10-4-5-14-7-10/h2-3,6-7,10H,4-5,8H2,1H3. The highest BCUT2D eigenvalue weighted by molar-refractivity contribution is 6.32. The molecule has 0 aliphatic carbocycles. The summed E-state index contributed by atoms with van der Waals surface area (Å²) in [6.07, 6.45) is 3.06. The lowest BCUT2D eigenvalue weighted by atomic mass is 10.1. The van der Waals surface area contributed by atoms with Gasteiger partial charge in [0.05, 0.1) is 11.6 Å². The van der Waals surface area contributed by atoms with Crippen LogP contribution in [-0.4, -0.2) is 19.4 Å². The lowest BCUT2D eigenvalue weighted by Crippen LogP contribution is -2.10. The maximum Gasteiger partial charge on any atom is 0.138 e. The third-order valence-electron chi connectivity index (χ3n) is 2.48. The summed E-state index contributed by atoms with van der Waals surface area (Å²) >= 11 is 6.02. The number of aryl methyl sites for hydroxylation is 1. The Labute approximate surface area is 94.9 Å². The first kappa shape index (κ1) is 10.5. The Hall–Kier alpha value is -1.02. The maximum absolute atomic E-state index is 6.02. The molecule has 2 rings (SSSR count). The molecular weight excluding hydrogens is 210 g/mol.